The van der Waals surface area contributed by atoms with Crippen LogP contribution >= 0.6 is 0 Å². The molecular weight excluding hydrogens is 182 g/mol. The molecule has 1 aliphatic heterocycles. The minimum Gasteiger partial charge on any atom is -0.362 e. The van der Waals surface area contributed by atoms with Gasteiger partial charge in [-0.1, -0.05) is 5.16 Å². The molecule has 72 valence electrons. The van der Waals surface area contributed by atoms with Crippen molar-refractivity contribution >= 4 is 11.0 Å². The Kier molecular flexibility index (Phi) is 1.47. The first kappa shape index (κ1) is 7.73. The van der Waals surface area contributed by atoms with Gasteiger partial charge in [-0.3, -0.25) is 9.36 Å². The lowest BCUT2D eigenvalue weighted by Gasteiger charge is -2.15. The van der Waals surface area contributed by atoms with Gasteiger partial charge in [-0.25, -0.2) is 4.98 Å². The van der Waals surface area contributed by atoms with Gasteiger partial charge in [-0.05, 0) is 12.8 Å². The Morgan fingerprint density at radius 3 is 3.29 bits per heavy atom. The zero-order chi connectivity index (χ0) is 9.54. The summed E-state index contributed by atoms with van der Waals surface area (Å²) in [6.45, 7) is 0.754. The van der Waals surface area contributed by atoms with Crippen molar-refractivity contribution in [2.45, 2.75) is 25.8 Å². The summed E-state index contributed by atoms with van der Waals surface area (Å²) in [5.41, 5.74) is 0.845. The summed E-state index contributed by atoms with van der Waals surface area (Å²) in [4.78, 5) is 16.2. The van der Waals surface area contributed by atoms with Gasteiger partial charge in [-0.2, -0.15) is 0 Å². The molecule has 1 aliphatic rings. The first-order chi connectivity index (χ1) is 6.86. The van der Waals surface area contributed by atoms with Gasteiger partial charge < -0.3 is 4.52 Å². The molecule has 0 unspecified atom stereocenters. The van der Waals surface area contributed by atoms with E-state index >= 15 is 0 Å². The van der Waals surface area contributed by atoms with Gasteiger partial charge in [0.2, 0.25) is 0 Å². The molecule has 0 amide bonds. The minimum atomic E-state index is -0.0709. The van der Waals surface area contributed by atoms with Crippen molar-refractivity contribution < 1.29 is 4.52 Å². The van der Waals surface area contributed by atoms with Gasteiger partial charge in [0.1, 0.15) is 17.6 Å². The van der Waals surface area contributed by atoms with Crippen molar-refractivity contribution in [1.82, 2.24) is 14.7 Å². The van der Waals surface area contributed by atoms with Gasteiger partial charge in [-0.15, -0.1) is 0 Å². The van der Waals surface area contributed by atoms with Crippen LogP contribution in [0.4, 0.5) is 0 Å². The molecule has 5 nitrogen and oxygen atoms in total. The number of fused-ring (bicyclic) bond motifs is 2. The third-order valence-corrected chi connectivity index (χ3v) is 2.59. The molecule has 0 fully saturated rings. The SMILES string of the molecule is O=c1c2nocc2nc2n1CCCC2. The van der Waals surface area contributed by atoms with Crippen LogP contribution in [0, 0.1) is 0 Å². The van der Waals surface area contributed by atoms with E-state index in [0.717, 1.165) is 31.6 Å². The van der Waals surface area contributed by atoms with Crippen LogP contribution in [0.5, 0.6) is 0 Å². The van der Waals surface area contributed by atoms with Crippen LogP contribution in [0.3, 0.4) is 0 Å². The van der Waals surface area contributed by atoms with E-state index in [1.165, 1.54) is 6.26 Å². The quantitative estimate of drug-likeness (QED) is 0.615. The summed E-state index contributed by atoms with van der Waals surface area (Å²) in [6.07, 6.45) is 4.43. The predicted octanol–water partition coefficient (Wildman–Crippen LogP) is 0.721. The molecule has 0 bridgehead atoms. The van der Waals surface area contributed by atoms with Crippen LogP contribution in [0.2, 0.25) is 0 Å². The Morgan fingerprint density at radius 2 is 2.36 bits per heavy atom. The van der Waals surface area contributed by atoms with Crippen LogP contribution in [-0.2, 0) is 13.0 Å². The number of aromatic nitrogens is 3. The molecule has 0 spiro atoms. The first-order valence-corrected chi connectivity index (χ1v) is 4.70. The van der Waals surface area contributed by atoms with E-state index in [1.807, 2.05) is 0 Å². The van der Waals surface area contributed by atoms with Crippen molar-refractivity contribution in [2.75, 3.05) is 0 Å². The van der Waals surface area contributed by atoms with Crippen LogP contribution in [0.15, 0.2) is 15.6 Å². The molecule has 3 heterocycles. The molecule has 0 N–H and O–H groups in total. The molecule has 0 atom stereocenters. The number of nitrogens with zero attached hydrogens (tertiary/aromatic N) is 3. The van der Waals surface area contributed by atoms with E-state index in [2.05, 4.69) is 10.1 Å². The van der Waals surface area contributed by atoms with E-state index in [0.29, 0.717) is 11.0 Å². The van der Waals surface area contributed by atoms with Crippen molar-refractivity contribution in [3.05, 3.63) is 22.4 Å². The van der Waals surface area contributed by atoms with Gasteiger partial charge in [0.15, 0.2) is 5.52 Å². The highest BCUT2D eigenvalue weighted by Gasteiger charge is 2.16. The highest BCUT2D eigenvalue weighted by atomic mass is 16.5. The third kappa shape index (κ3) is 0.921. The highest BCUT2D eigenvalue weighted by molar-refractivity contribution is 5.71. The molecular formula is C9H9N3O2. The Morgan fingerprint density at radius 1 is 1.43 bits per heavy atom. The lowest BCUT2D eigenvalue weighted by Crippen LogP contribution is -2.28. The second kappa shape index (κ2) is 2.67. The Bertz CT molecular complexity index is 540. The predicted molar refractivity (Wildman–Crippen MR) is 49.0 cm³/mol. The molecule has 5 heteroatoms. The summed E-state index contributed by atoms with van der Waals surface area (Å²) in [5, 5.41) is 3.66. The Labute approximate surface area is 79.3 Å². The minimum absolute atomic E-state index is 0.0709. The smallest absolute Gasteiger partial charge is 0.283 e. The zero-order valence-electron chi connectivity index (χ0n) is 7.56. The lowest BCUT2D eigenvalue weighted by atomic mass is 10.1. The largest absolute Gasteiger partial charge is 0.362 e. The van der Waals surface area contributed by atoms with Crippen LogP contribution < -0.4 is 5.56 Å². The molecule has 0 aliphatic carbocycles. The van der Waals surface area contributed by atoms with Crippen molar-refractivity contribution in [3.63, 3.8) is 0 Å². The van der Waals surface area contributed by atoms with E-state index in [1.54, 1.807) is 4.57 Å². The second-order valence-corrected chi connectivity index (χ2v) is 3.49. The topological polar surface area (TPSA) is 60.9 Å². The number of hydrogen-bond donors (Lipinski definition) is 0. The van der Waals surface area contributed by atoms with Gasteiger partial charge in [0.25, 0.3) is 5.56 Å². The number of hydrogen-bond acceptors (Lipinski definition) is 4. The second-order valence-electron chi connectivity index (χ2n) is 3.49. The highest BCUT2D eigenvalue weighted by Crippen LogP contribution is 2.13. The number of aryl methyl sites for hydroxylation is 1. The lowest BCUT2D eigenvalue weighted by molar-refractivity contribution is 0.427. The average molecular weight is 191 g/mol. The standard InChI is InChI=1S/C9H9N3O2/c13-9-8-6(5-14-11-8)10-7-3-1-2-4-12(7)9/h5H,1-4H2. The number of rotatable bonds is 0. The Hall–Kier alpha value is -1.65. The van der Waals surface area contributed by atoms with E-state index < -0.39 is 0 Å². The average Bonchev–Trinajstić information content (AvgIpc) is 2.66. The van der Waals surface area contributed by atoms with Crippen molar-refractivity contribution in [3.8, 4) is 0 Å². The van der Waals surface area contributed by atoms with Crippen LogP contribution in [0.1, 0.15) is 18.7 Å². The van der Waals surface area contributed by atoms with Crippen molar-refractivity contribution in [1.29, 1.82) is 0 Å². The van der Waals surface area contributed by atoms with Crippen molar-refractivity contribution in [2.24, 2.45) is 0 Å². The molecule has 0 radical (unpaired) electrons. The van der Waals surface area contributed by atoms with Gasteiger partial charge >= 0.3 is 0 Å². The fourth-order valence-electron chi connectivity index (χ4n) is 1.88. The molecule has 0 aromatic carbocycles. The molecule has 2 aromatic heterocycles. The molecule has 14 heavy (non-hydrogen) atoms. The monoisotopic (exact) mass is 191 g/mol. The fraction of sp³-hybridized carbons (Fsp3) is 0.444. The molecule has 0 saturated carbocycles. The third-order valence-electron chi connectivity index (χ3n) is 2.59. The van der Waals surface area contributed by atoms with Gasteiger partial charge in [0.05, 0.1) is 0 Å². The summed E-state index contributed by atoms with van der Waals surface area (Å²) in [6, 6.07) is 0. The maximum absolute atomic E-state index is 11.8. The maximum Gasteiger partial charge on any atom is 0.283 e. The first-order valence-electron chi connectivity index (χ1n) is 4.70. The molecule has 3 rings (SSSR count). The summed E-state index contributed by atoms with van der Waals surface area (Å²) in [7, 11) is 0. The molecule has 0 saturated heterocycles. The van der Waals surface area contributed by atoms with E-state index in [-0.39, 0.29) is 5.56 Å². The Balaban J connectivity index is 2.42. The normalized spacial score (nSPS) is 15.7. The maximum atomic E-state index is 11.8. The summed E-state index contributed by atoms with van der Waals surface area (Å²) < 4.78 is 6.44. The zero-order valence-corrected chi connectivity index (χ0v) is 7.56. The molecule has 2 aromatic rings. The van der Waals surface area contributed by atoms with Crippen LogP contribution in [-0.4, -0.2) is 14.7 Å². The van der Waals surface area contributed by atoms with Gasteiger partial charge in [0, 0.05) is 13.0 Å². The summed E-state index contributed by atoms with van der Waals surface area (Å²) in [5.74, 6) is 0.858. The van der Waals surface area contributed by atoms with E-state index in [4.69, 9.17) is 4.52 Å². The fourth-order valence-corrected chi connectivity index (χ4v) is 1.88. The van der Waals surface area contributed by atoms with E-state index in [9.17, 15) is 4.79 Å². The van der Waals surface area contributed by atoms with Crippen LogP contribution in [0.25, 0.3) is 11.0 Å². The summed E-state index contributed by atoms with van der Waals surface area (Å²) >= 11 is 0.